The van der Waals surface area contributed by atoms with Gasteiger partial charge in [-0.3, -0.25) is 10.1 Å². The predicted octanol–water partition coefficient (Wildman–Crippen LogP) is 2.62. The third-order valence-corrected chi connectivity index (χ3v) is 7.50. The minimum Gasteiger partial charge on any atom is -0.474 e. The maximum atomic E-state index is 11.5. The monoisotopic (exact) mass is 459 g/mol. The van der Waals surface area contributed by atoms with Crippen molar-refractivity contribution in [2.45, 2.75) is 71.2 Å². The molecule has 0 aromatic carbocycles. The molecule has 1 saturated carbocycles. The van der Waals surface area contributed by atoms with Crippen LogP contribution in [0.3, 0.4) is 0 Å². The molecule has 0 aromatic heterocycles. The first-order chi connectivity index (χ1) is 15.3. The lowest BCUT2D eigenvalue weighted by Gasteiger charge is -2.41. The molecule has 0 aromatic rings. The summed E-state index contributed by atoms with van der Waals surface area (Å²) in [6.45, 7) is 6.38. The van der Waals surface area contributed by atoms with Crippen molar-refractivity contribution < 1.29 is 39.4 Å². The molecule has 1 aliphatic carbocycles. The van der Waals surface area contributed by atoms with Crippen LogP contribution >= 0.6 is 0 Å². The van der Waals surface area contributed by atoms with Gasteiger partial charge in [0.05, 0.1) is 26.4 Å². The van der Waals surface area contributed by atoms with Gasteiger partial charge in [-0.15, -0.1) is 0 Å². The van der Waals surface area contributed by atoms with E-state index in [0.29, 0.717) is 56.4 Å². The van der Waals surface area contributed by atoms with E-state index in [1.807, 2.05) is 0 Å². The number of aliphatic carboxylic acids is 1. The molecule has 0 spiro atoms. The molecule has 2 saturated heterocycles. The number of ether oxygens (including phenoxy) is 2. The van der Waals surface area contributed by atoms with Crippen molar-refractivity contribution in [2.24, 2.45) is 29.6 Å². The standard InChI is InChI=1S/C22H37NO6.CH4O2/c1-14-6-7-17-4-3-5-18(19(17)13-28-14)15(2)22(27)29-12-16-8-10-23(11-9-16)20(24)21(25)26;1-3-2/h14-19,22,27H,3-13H2,1-2H3,(H,25,26);2H,1H3. The number of piperidine rings is 1. The van der Waals surface area contributed by atoms with E-state index in [4.69, 9.17) is 19.8 Å². The summed E-state index contributed by atoms with van der Waals surface area (Å²) in [7, 11) is 1.18. The summed E-state index contributed by atoms with van der Waals surface area (Å²) in [5.41, 5.74) is 0. The highest BCUT2D eigenvalue weighted by Gasteiger charge is 2.40. The molecule has 9 nitrogen and oxygen atoms in total. The molecule has 3 rings (SSSR count). The molecule has 0 radical (unpaired) electrons. The number of carbonyl (C=O) groups is 2. The minimum absolute atomic E-state index is 0.0634. The van der Waals surface area contributed by atoms with Crippen LogP contribution in [0.2, 0.25) is 0 Å². The summed E-state index contributed by atoms with van der Waals surface area (Å²) < 4.78 is 11.9. The van der Waals surface area contributed by atoms with Crippen molar-refractivity contribution in [3.8, 4) is 0 Å². The number of likely N-dealkylation sites (tertiary alicyclic amines) is 1. The van der Waals surface area contributed by atoms with E-state index in [1.54, 1.807) is 0 Å². The molecule has 3 fully saturated rings. The second-order valence-electron chi connectivity index (χ2n) is 9.55. The highest BCUT2D eigenvalue weighted by molar-refractivity contribution is 6.31. The van der Waals surface area contributed by atoms with E-state index in [2.05, 4.69) is 18.7 Å². The van der Waals surface area contributed by atoms with E-state index in [-0.39, 0.29) is 11.8 Å². The van der Waals surface area contributed by atoms with Crippen LogP contribution in [-0.2, 0) is 24.0 Å². The maximum absolute atomic E-state index is 11.5. The molecule has 3 N–H and O–H groups in total. The van der Waals surface area contributed by atoms with Gasteiger partial charge in [0.15, 0.2) is 6.29 Å². The van der Waals surface area contributed by atoms with Gasteiger partial charge in [-0.25, -0.2) is 9.68 Å². The molecular formula is C23H41NO8. The summed E-state index contributed by atoms with van der Waals surface area (Å²) in [6.07, 6.45) is 6.91. The van der Waals surface area contributed by atoms with E-state index >= 15 is 0 Å². The second kappa shape index (κ2) is 13.4. The zero-order chi connectivity index (χ0) is 23.7. The highest BCUT2D eigenvalue weighted by atomic mass is 17.1. The Morgan fingerprint density at radius 3 is 2.41 bits per heavy atom. The summed E-state index contributed by atoms with van der Waals surface area (Å²) in [4.78, 5) is 27.0. The molecule has 9 heteroatoms. The van der Waals surface area contributed by atoms with Gasteiger partial charge in [0.1, 0.15) is 0 Å². The molecule has 3 aliphatic rings. The quantitative estimate of drug-likeness (QED) is 0.248. The Bertz CT molecular complexity index is 580. The SMILES string of the molecule is CC1CCC2CCCC(C(C)C(O)OCC3CCN(C(=O)C(=O)O)CC3)C2CO1.COO. The van der Waals surface area contributed by atoms with Gasteiger partial charge in [-0.05, 0) is 62.7 Å². The number of carboxylic acid groups (broad SMARTS) is 1. The summed E-state index contributed by atoms with van der Waals surface area (Å²) in [5, 5.41) is 26.6. The third kappa shape index (κ3) is 7.66. The molecule has 32 heavy (non-hydrogen) atoms. The van der Waals surface area contributed by atoms with Crippen LogP contribution < -0.4 is 0 Å². The summed E-state index contributed by atoms with van der Waals surface area (Å²) >= 11 is 0. The fourth-order valence-electron chi connectivity index (χ4n) is 5.51. The van der Waals surface area contributed by atoms with Crippen LogP contribution in [-0.4, -0.2) is 78.1 Å². The summed E-state index contributed by atoms with van der Waals surface area (Å²) in [6, 6.07) is 0. The molecule has 2 aliphatic heterocycles. The largest absolute Gasteiger partial charge is 0.474 e. The fourth-order valence-corrected chi connectivity index (χ4v) is 5.51. The van der Waals surface area contributed by atoms with Crippen molar-refractivity contribution >= 4 is 11.9 Å². The second-order valence-corrected chi connectivity index (χ2v) is 9.55. The minimum atomic E-state index is -1.40. The zero-order valence-corrected chi connectivity index (χ0v) is 19.6. The van der Waals surface area contributed by atoms with E-state index in [9.17, 15) is 14.7 Å². The van der Waals surface area contributed by atoms with Crippen LogP contribution in [0.4, 0.5) is 0 Å². The normalized spacial score (nSPS) is 30.8. The van der Waals surface area contributed by atoms with Crippen LogP contribution in [0.1, 0.15) is 58.8 Å². The molecule has 6 unspecified atom stereocenters. The number of carboxylic acids is 1. The van der Waals surface area contributed by atoms with Gasteiger partial charge >= 0.3 is 11.9 Å². The van der Waals surface area contributed by atoms with E-state index in [1.165, 1.54) is 31.3 Å². The average Bonchev–Trinajstić information content (AvgIpc) is 2.98. The predicted molar refractivity (Wildman–Crippen MR) is 117 cm³/mol. The number of amides is 1. The molecule has 186 valence electrons. The fraction of sp³-hybridized carbons (Fsp3) is 0.913. The van der Waals surface area contributed by atoms with Gasteiger partial charge in [0.25, 0.3) is 0 Å². The number of rotatable bonds is 5. The number of aliphatic hydroxyl groups excluding tert-OH is 1. The number of aliphatic hydroxyl groups is 1. The van der Waals surface area contributed by atoms with E-state index < -0.39 is 18.2 Å². The number of hydrogen-bond acceptors (Lipinski definition) is 7. The molecule has 2 heterocycles. The molecule has 1 amide bonds. The van der Waals surface area contributed by atoms with Crippen molar-refractivity contribution in [2.75, 3.05) is 33.4 Å². The molecule has 0 bridgehead atoms. The number of hydrogen-bond donors (Lipinski definition) is 3. The Labute approximate surface area is 190 Å². The first-order valence-electron chi connectivity index (χ1n) is 11.9. The zero-order valence-electron chi connectivity index (χ0n) is 19.6. The smallest absolute Gasteiger partial charge is 0.394 e. The lowest BCUT2D eigenvalue weighted by molar-refractivity contribution is -0.214. The molecule has 6 atom stereocenters. The number of fused-ring (bicyclic) bond motifs is 1. The van der Waals surface area contributed by atoms with E-state index in [0.717, 1.165) is 19.4 Å². The van der Waals surface area contributed by atoms with Crippen LogP contribution in [0.15, 0.2) is 0 Å². The highest BCUT2D eigenvalue weighted by Crippen LogP contribution is 2.44. The topological polar surface area (TPSA) is 126 Å². The Kier molecular flexibility index (Phi) is 11.3. The number of carbonyl (C=O) groups excluding carboxylic acids is 1. The van der Waals surface area contributed by atoms with Crippen molar-refractivity contribution in [1.29, 1.82) is 0 Å². The lowest BCUT2D eigenvalue weighted by atomic mass is 9.66. The Hall–Kier alpha value is -1.26. The van der Waals surface area contributed by atoms with Gasteiger partial charge < -0.3 is 24.6 Å². The van der Waals surface area contributed by atoms with Crippen LogP contribution in [0, 0.1) is 29.6 Å². The Morgan fingerprint density at radius 1 is 1.12 bits per heavy atom. The van der Waals surface area contributed by atoms with Gasteiger partial charge in [0.2, 0.25) is 0 Å². The van der Waals surface area contributed by atoms with Gasteiger partial charge in [0, 0.05) is 19.0 Å². The van der Waals surface area contributed by atoms with Crippen molar-refractivity contribution in [3.05, 3.63) is 0 Å². The summed E-state index contributed by atoms with van der Waals surface area (Å²) in [5.74, 6) is -0.290. The first-order valence-corrected chi connectivity index (χ1v) is 11.9. The maximum Gasteiger partial charge on any atom is 0.394 e. The average molecular weight is 460 g/mol. The Morgan fingerprint density at radius 2 is 1.78 bits per heavy atom. The van der Waals surface area contributed by atoms with Gasteiger partial charge in [-0.2, -0.15) is 0 Å². The van der Waals surface area contributed by atoms with Crippen LogP contribution in [0.25, 0.3) is 0 Å². The first kappa shape index (κ1) is 27.0. The molecular weight excluding hydrogens is 418 g/mol. The lowest BCUT2D eigenvalue weighted by Crippen LogP contribution is -2.43. The Balaban J connectivity index is 0.00000114. The van der Waals surface area contributed by atoms with Crippen molar-refractivity contribution in [1.82, 2.24) is 4.90 Å². The van der Waals surface area contributed by atoms with Crippen LogP contribution in [0.5, 0.6) is 0 Å². The van der Waals surface area contributed by atoms with Gasteiger partial charge in [-0.1, -0.05) is 19.8 Å². The third-order valence-electron chi connectivity index (χ3n) is 7.50. The number of nitrogens with zero attached hydrogens (tertiary/aromatic N) is 1. The van der Waals surface area contributed by atoms with Crippen molar-refractivity contribution in [3.63, 3.8) is 0 Å².